The fraction of sp³-hybridized carbons (Fsp3) is 0.353. The average molecular weight is 296 g/mol. The number of carbonyl (C=O) groups is 1. The van der Waals surface area contributed by atoms with Crippen LogP contribution in [0.4, 0.5) is 5.69 Å². The van der Waals surface area contributed by atoms with Crippen LogP contribution in [-0.2, 0) is 0 Å². The summed E-state index contributed by atoms with van der Waals surface area (Å²) < 4.78 is 0. The third kappa shape index (κ3) is 2.27. The molecule has 2 bridgehead atoms. The van der Waals surface area contributed by atoms with Gasteiger partial charge in [-0.1, -0.05) is 18.2 Å². The van der Waals surface area contributed by atoms with Gasteiger partial charge in [-0.25, -0.2) is 0 Å². The summed E-state index contributed by atoms with van der Waals surface area (Å²) in [6.45, 7) is 0. The van der Waals surface area contributed by atoms with Crippen LogP contribution in [0.15, 0.2) is 36.4 Å². The third-order valence-electron chi connectivity index (χ3n) is 4.80. The summed E-state index contributed by atoms with van der Waals surface area (Å²) >= 11 is 0. The van der Waals surface area contributed by atoms with Crippen LogP contribution in [0.25, 0.3) is 11.3 Å². The molecule has 5 N–H and O–H groups in total. The Bertz CT molecular complexity index is 708. The molecule has 1 aromatic heterocycles. The smallest absolute Gasteiger partial charge is 0.267 e. The van der Waals surface area contributed by atoms with Crippen molar-refractivity contribution in [2.45, 2.75) is 37.4 Å². The van der Waals surface area contributed by atoms with E-state index in [1.807, 2.05) is 36.4 Å². The zero-order valence-corrected chi connectivity index (χ0v) is 12.3. The van der Waals surface area contributed by atoms with Crippen LogP contribution in [0.3, 0.4) is 0 Å². The molecule has 5 nitrogen and oxygen atoms in total. The monoisotopic (exact) mass is 296 g/mol. The molecule has 5 heteroatoms. The van der Waals surface area contributed by atoms with Gasteiger partial charge in [-0.15, -0.1) is 0 Å². The van der Waals surface area contributed by atoms with E-state index in [2.05, 4.69) is 15.6 Å². The Hall–Kier alpha value is -2.27. The van der Waals surface area contributed by atoms with E-state index in [9.17, 15) is 4.79 Å². The molecule has 2 aromatic rings. The number of H-pyrrole nitrogens is 1. The number of nitrogens with two attached hydrogens (primary N) is 1. The number of amides is 1. The first-order valence-corrected chi connectivity index (χ1v) is 7.81. The maximum Gasteiger partial charge on any atom is 0.267 e. The summed E-state index contributed by atoms with van der Waals surface area (Å²) in [6.07, 6.45) is 3.43. The Labute approximate surface area is 129 Å². The maximum absolute atomic E-state index is 12.4. The topological polar surface area (TPSA) is 82.9 Å². The van der Waals surface area contributed by atoms with E-state index in [0.29, 0.717) is 23.5 Å². The van der Waals surface area contributed by atoms with Crippen molar-refractivity contribution in [1.29, 1.82) is 0 Å². The minimum Gasteiger partial charge on any atom is -0.398 e. The highest BCUT2D eigenvalue weighted by atomic mass is 16.2. The highest BCUT2D eigenvalue weighted by Gasteiger charge is 2.39. The van der Waals surface area contributed by atoms with Gasteiger partial charge in [-0.2, -0.15) is 0 Å². The number of hydrogen-bond acceptors (Lipinski definition) is 3. The summed E-state index contributed by atoms with van der Waals surface area (Å²) in [5, 5.41) is 6.67. The predicted molar refractivity (Wildman–Crippen MR) is 86.5 cm³/mol. The summed E-state index contributed by atoms with van der Waals surface area (Å²) in [5.74, 6) is -0.0416. The van der Waals surface area contributed by atoms with Crippen molar-refractivity contribution in [3.8, 4) is 11.3 Å². The van der Waals surface area contributed by atoms with E-state index in [0.717, 1.165) is 24.1 Å². The van der Waals surface area contributed by atoms with Gasteiger partial charge < -0.3 is 21.4 Å². The molecule has 2 fully saturated rings. The molecule has 2 aliphatic heterocycles. The van der Waals surface area contributed by atoms with Gasteiger partial charge >= 0.3 is 0 Å². The molecule has 114 valence electrons. The van der Waals surface area contributed by atoms with E-state index >= 15 is 0 Å². The van der Waals surface area contributed by atoms with Crippen LogP contribution in [0.5, 0.6) is 0 Å². The van der Waals surface area contributed by atoms with E-state index in [1.54, 1.807) is 0 Å². The molecular weight excluding hydrogens is 276 g/mol. The Balaban J connectivity index is 1.49. The van der Waals surface area contributed by atoms with Gasteiger partial charge in [0.05, 0.1) is 0 Å². The number of benzene rings is 1. The summed E-state index contributed by atoms with van der Waals surface area (Å²) in [6, 6.07) is 12.6. The lowest BCUT2D eigenvalue weighted by Gasteiger charge is -2.21. The summed E-state index contributed by atoms with van der Waals surface area (Å²) in [5.41, 5.74) is 9.06. The van der Waals surface area contributed by atoms with Crippen molar-refractivity contribution < 1.29 is 4.79 Å². The molecule has 3 heterocycles. The third-order valence-corrected chi connectivity index (χ3v) is 4.80. The fourth-order valence-corrected chi connectivity index (χ4v) is 3.66. The lowest BCUT2D eigenvalue weighted by atomic mass is 9.95. The molecule has 0 aliphatic carbocycles. The Morgan fingerprint density at radius 1 is 1.18 bits per heavy atom. The Morgan fingerprint density at radius 3 is 2.77 bits per heavy atom. The van der Waals surface area contributed by atoms with Gasteiger partial charge in [0.1, 0.15) is 5.69 Å². The highest BCUT2D eigenvalue weighted by Crippen LogP contribution is 2.29. The number of hydrogen-bond donors (Lipinski definition) is 4. The molecule has 0 unspecified atom stereocenters. The summed E-state index contributed by atoms with van der Waals surface area (Å²) in [4.78, 5) is 15.6. The number of nitrogen functional groups attached to an aromatic ring is 1. The first-order valence-electron chi connectivity index (χ1n) is 7.81. The van der Waals surface area contributed by atoms with Gasteiger partial charge in [-0.3, -0.25) is 4.79 Å². The first kappa shape index (κ1) is 13.4. The van der Waals surface area contributed by atoms with Crippen LogP contribution in [0.2, 0.25) is 0 Å². The van der Waals surface area contributed by atoms with Crippen LogP contribution in [-0.4, -0.2) is 29.0 Å². The second-order valence-electron chi connectivity index (χ2n) is 6.24. The molecule has 1 amide bonds. The number of fused-ring (bicyclic) bond motifs is 2. The minimum absolute atomic E-state index is 0.0416. The first-order chi connectivity index (χ1) is 10.7. The average Bonchev–Trinajstić information content (AvgIpc) is 3.24. The molecule has 3 atom stereocenters. The van der Waals surface area contributed by atoms with Crippen molar-refractivity contribution >= 4 is 11.6 Å². The number of nitrogens with one attached hydrogen (secondary N) is 3. The van der Waals surface area contributed by atoms with Crippen molar-refractivity contribution in [2.75, 3.05) is 5.73 Å². The highest BCUT2D eigenvalue weighted by molar-refractivity contribution is 5.94. The molecule has 0 radical (unpaired) electrons. The molecule has 4 rings (SSSR count). The number of carbonyl (C=O) groups excluding carboxylic acids is 1. The van der Waals surface area contributed by atoms with Gasteiger partial charge in [0, 0.05) is 35.1 Å². The number of aromatic nitrogens is 1. The van der Waals surface area contributed by atoms with Gasteiger partial charge in [0.25, 0.3) is 5.91 Å². The molecule has 1 aromatic carbocycles. The molecule has 0 spiro atoms. The molecule has 0 saturated carbocycles. The van der Waals surface area contributed by atoms with Crippen LogP contribution in [0.1, 0.15) is 29.8 Å². The molecule has 22 heavy (non-hydrogen) atoms. The second kappa shape index (κ2) is 5.18. The van der Waals surface area contributed by atoms with E-state index in [4.69, 9.17) is 5.73 Å². The van der Waals surface area contributed by atoms with Crippen molar-refractivity contribution in [2.24, 2.45) is 0 Å². The number of rotatable bonds is 3. The predicted octanol–water partition coefficient (Wildman–Crippen LogP) is 1.89. The van der Waals surface area contributed by atoms with Crippen molar-refractivity contribution in [3.05, 3.63) is 42.1 Å². The number of anilines is 1. The van der Waals surface area contributed by atoms with E-state index < -0.39 is 0 Å². The Kier molecular flexibility index (Phi) is 3.15. The van der Waals surface area contributed by atoms with Gasteiger partial charge in [0.2, 0.25) is 0 Å². The Morgan fingerprint density at radius 2 is 2.05 bits per heavy atom. The number of para-hydroxylation sites is 1. The maximum atomic E-state index is 12.4. The lowest BCUT2D eigenvalue weighted by molar-refractivity contribution is 0.0926. The molecular formula is C17H20N4O. The van der Waals surface area contributed by atoms with Crippen LogP contribution < -0.4 is 16.4 Å². The molecule has 2 saturated heterocycles. The lowest BCUT2D eigenvalue weighted by Crippen LogP contribution is -2.43. The van der Waals surface area contributed by atoms with Gasteiger partial charge in [0.15, 0.2) is 0 Å². The SMILES string of the molecule is Nc1ccccc1-c1ccc(C(=O)N[C@@H]2C[C@H]3CC[C@@H]2N3)[nH]1. The van der Waals surface area contributed by atoms with Crippen molar-refractivity contribution in [3.63, 3.8) is 0 Å². The standard InChI is InChI=1S/C17H20N4O/c18-12-4-2-1-3-11(12)13-7-8-15(20-13)17(22)21-16-9-10-5-6-14(16)19-10/h1-4,7-8,10,14,16,19-20H,5-6,9,18H2,(H,21,22)/t10-,14+,16-/m1/s1. The fourth-order valence-electron chi connectivity index (χ4n) is 3.66. The summed E-state index contributed by atoms with van der Waals surface area (Å²) in [7, 11) is 0. The van der Waals surface area contributed by atoms with Crippen LogP contribution in [0, 0.1) is 0 Å². The van der Waals surface area contributed by atoms with Gasteiger partial charge in [-0.05, 0) is 37.5 Å². The van der Waals surface area contributed by atoms with Crippen molar-refractivity contribution in [1.82, 2.24) is 15.6 Å². The second-order valence-corrected chi connectivity index (χ2v) is 6.24. The van der Waals surface area contributed by atoms with Crippen LogP contribution >= 0.6 is 0 Å². The minimum atomic E-state index is -0.0416. The number of aromatic amines is 1. The largest absolute Gasteiger partial charge is 0.398 e. The van der Waals surface area contributed by atoms with E-state index in [-0.39, 0.29) is 11.9 Å². The zero-order valence-electron chi connectivity index (χ0n) is 12.3. The quantitative estimate of drug-likeness (QED) is 0.653. The normalized spacial score (nSPS) is 26.3. The zero-order chi connectivity index (χ0) is 15.1. The molecule has 2 aliphatic rings. The van der Waals surface area contributed by atoms with E-state index in [1.165, 1.54) is 6.42 Å².